The van der Waals surface area contributed by atoms with Gasteiger partial charge in [-0.2, -0.15) is 0 Å². The third-order valence-corrected chi connectivity index (χ3v) is 5.74. The van der Waals surface area contributed by atoms with Crippen LogP contribution in [0.1, 0.15) is 54.6 Å². The summed E-state index contributed by atoms with van der Waals surface area (Å²) in [6.45, 7) is 8.67. The first kappa shape index (κ1) is 19.2. The SMILES string of the molecule is CCOC(CCNC(=NC)NCc1sc(C)nc1C)C1CCCC1. The molecular weight excluding hydrogens is 320 g/mol. The molecule has 1 unspecified atom stereocenters. The topological polar surface area (TPSA) is 58.5 Å². The summed E-state index contributed by atoms with van der Waals surface area (Å²) >= 11 is 1.74. The van der Waals surface area contributed by atoms with E-state index >= 15 is 0 Å². The van der Waals surface area contributed by atoms with Gasteiger partial charge in [0.2, 0.25) is 0 Å². The van der Waals surface area contributed by atoms with Crippen LogP contribution in [0.2, 0.25) is 0 Å². The Hall–Kier alpha value is -1.14. The molecule has 1 aliphatic carbocycles. The summed E-state index contributed by atoms with van der Waals surface area (Å²) in [4.78, 5) is 10.1. The molecule has 0 radical (unpaired) electrons. The maximum atomic E-state index is 5.98. The Morgan fingerprint density at radius 2 is 2.08 bits per heavy atom. The van der Waals surface area contributed by atoms with Crippen molar-refractivity contribution in [3.63, 3.8) is 0 Å². The van der Waals surface area contributed by atoms with Crippen LogP contribution in [0.25, 0.3) is 0 Å². The van der Waals surface area contributed by atoms with Crippen LogP contribution in [0.15, 0.2) is 4.99 Å². The largest absolute Gasteiger partial charge is 0.378 e. The summed E-state index contributed by atoms with van der Waals surface area (Å²) in [5.41, 5.74) is 1.11. The van der Waals surface area contributed by atoms with E-state index in [1.54, 1.807) is 11.3 Å². The number of ether oxygens (including phenoxy) is 1. The lowest BCUT2D eigenvalue weighted by molar-refractivity contribution is 0.0169. The van der Waals surface area contributed by atoms with Crippen LogP contribution in [0, 0.1) is 19.8 Å². The molecule has 2 rings (SSSR count). The van der Waals surface area contributed by atoms with Gasteiger partial charge in [-0.1, -0.05) is 12.8 Å². The van der Waals surface area contributed by atoms with E-state index in [9.17, 15) is 0 Å². The van der Waals surface area contributed by atoms with Crippen molar-refractivity contribution in [3.05, 3.63) is 15.6 Å². The first-order valence-electron chi connectivity index (χ1n) is 9.13. The van der Waals surface area contributed by atoms with Gasteiger partial charge in [-0.15, -0.1) is 11.3 Å². The second kappa shape index (κ2) is 9.99. The van der Waals surface area contributed by atoms with E-state index in [1.165, 1.54) is 30.6 Å². The maximum absolute atomic E-state index is 5.98. The number of nitrogens with one attached hydrogen (secondary N) is 2. The Kier molecular flexibility index (Phi) is 7.99. The summed E-state index contributed by atoms with van der Waals surface area (Å²) in [5.74, 6) is 1.59. The molecule has 1 aliphatic rings. The van der Waals surface area contributed by atoms with E-state index in [0.717, 1.165) is 48.7 Å². The van der Waals surface area contributed by atoms with Crippen molar-refractivity contribution < 1.29 is 4.74 Å². The zero-order valence-electron chi connectivity index (χ0n) is 15.5. The summed E-state index contributed by atoms with van der Waals surface area (Å²) in [7, 11) is 1.82. The normalized spacial score (nSPS) is 17.2. The molecule has 1 heterocycles. The minimum absolute atomic E-state index is 0.384. The lowest BCUT2D eigenvalue weighted by Gasteiger charge is -2.24. The highest BCUT2D eigenvalue weighted by Crippen LogP contribution is 2.30. The van der Waals surface area contributed by atoms with E-state index in [0.29, 0.717) is 6.10 Å². The van der Waals surface area contributed by atoms with E-state index in [-0.39, 0.29) is 0 Å². The summed E-state index contributed by atoms with van der Waals surface area (Å²) in [6, 6.07) is 0. The summed E-state index contributed by atoms with van der Waals surface area (Å²) in [5, 5.41) is 7.92. The van der Waals surface area contributed by atoms with Crippen LogP contribution in [-0.4, -0.2) is 37.2 Å². The molecule has 1 aromatic heterocycles. The molecule has 1 saturated carbocycles. The van der Waals surface area contributed by atoms with Crippen molar-refractivity contribution in [2.45, 2.75) is 65.5 Å². The number of nitrogens with zero attached hydrogens (tertiary/aromatic N) is 2. The Morgan fingerprint density at radius 1 is 1.33 bits per heavy atom. The number of hydrogen-bond acceptors (Lipinski definition) is 4. The maximum Gasteiger partial charge on any atom is 0.191 e. The average molecular weight is 353 g/mol. The van der Waals surface area contributed by atoms with Crippen LogP contribution in [0.3, 0.4) is 0 Å². The molecule has 0 aromatic carbocycles. The van der Waals surface area contributed by atoms with Gasteiger partial charge in [-0.3, -0.25) is 4.99 Å². The van der Waals surface area contributed by atoms with Crippen LogP contribution in [-0.2, 0) is 11.3 Å². The molecule has 0 amide bonds. The predicted molar refractivity (Wildman–Crippen MR) is 102 cm³/mol. The quantitative estimate of drug-likeness (QED) is 0.556. The first-order valence-corrected chi connectivity index (χ1v) is 9.94. The van der Waals surface area contributed by atoms with Gasteiger partial charge in [0.05, 0.1) is 23.4 Å². The van der Waals surface area contributed by atoms with Crippen LogP contribution < -0.4 is 10.6 Å². The Morgan fingerprint density at radius 3 is 2.67 bits per heavy atom. The monoisotopic (exact) mass is 352 g/mol. The lowest BCUT2D eigenvalue weighted by Crippen LogP contribution is -2.39. The zero-order valence-corrected chi connectivity index (χ0v) is 16.3. The molecule has 136 valence electrons. The molecule has 6 heteroatoms. The van der Waals surface area contributed by atoms with Crippen molar-refractivity contribution in [2.75, 3.05) is 20.2 Å². The number of hydrogen-bond donors (Lipinski definition) is 2. The fourth-order valence-electron chi connectivity index (χ4n) is 3.45. The van der Waals surface area contributed by atoms with Crippen LogP contribution in [0.5, 0.6) is 0 Å². The smallest absolute Gasteiger partial charge is 0.191 e. The standard InChI is InChI=1S/C18H32N4OS/c1-5-23-16(15-8-6-7-9-15)10-11-20-18(19-4)21-12-17-13(2)22-14(3)24-17/h15-16H,5-12H2,1-4H3,(H2,19,20,21). The highest BCUT2D eigenvalue weighted by atomic mass is 32.1. The lowest BCUT2D eigenvalue weighted by atomic mass is 9.98. The first-order chi connectivity index (χ1) is 11.6. The molecule has 0 spiro atoms. The van der Waals surface area contributed by atoms with Gasteiger partial charge >= 0.3 is 0 Å². The number of rotatable bonds is 8. The van der Waals surface area contributed by atoms with E-state index < -0.39 is 0 Å². The molecular formula is C18H32N4OS. The number of guanidine groups is 1. The van der Waals surface area contributed by atoms with Crippen LogP contribution in [0.4, 0.5) is 0 Å². The molecule has 0 aliphatic heterocycles. The number of thiazole rings is 1. The van der Waals surface area contributed by atoms with Gasteiger partial charge < -0.3 is 15.4 Å². The van der Waals surface area contributed by atoms with E-state index in [4.69, 9.17) is 4.74 Å². The highest BCUT2D eigenvalue weighted by molar-refractivity contribution is 7.11. The number of aliphatic imine (C=N–C) groups is 1. The van der Waals surface area contributed by atoms with Crippen LogP contribution >= 0.6 is 11.3 Å². The van der Waals surface area contributed by atoms with Crippen molar-refractivity contribution in [3.8, 4) is 0 Å². The van der Waals surface area contributed by atoms with Crippen molar-refractivity contribution >= 4 is 17.3 Å². The molecule has 0 bridgehead atoms. The minimum atomic E-state index is 0.384. The fourth-order valence-corrected chi connectivity index (χ4v) is 4.33. The second-order valence-corrected chi connectivity index (χ2v) is 7.71. The summed E-state index contributed by atoms with van der Waals surface area (Å²) < 4.78 is 5.98. The van der Waals surface area contributed by atoms with Gasteiger partial charge in [-0.25, -0.2) is 4.98 Å². The zero-order chi connectivity index (χ0) is 17.4. The molecule has 1 fully saturated rings. The van der Waals surface area contributed by atoms with Crippen molar-refractivity contribution in [1.29, 1.82) is 0 Å². The van der Waals surface area contributed by atoms with Crippen molar-refractivity contribution in [1.82, 2.24) is 15.6 Å². The van der Waals surface area contributed by atoms with Gasteiger partial charge in [0, 0.05) is 25.1 Å². The molecule has 0 saturated heterocycles. The minimum Gasteiger partial charge on any atom is -0.378 e. The van der Waals surface area contributed by atoms with Crippen molar-refractivity contribution in [2.24, 2.45) is 10.9 Å². The van der Waals surface area contributed by atoms with Gasteiger partial charge in [0.25, 0.3) is 0 Å². The predicted octanol–water partition coefficient (Wildman–Crippen LogP) is 3.41. The number of aromatic nitrogens is 1. The number of aryl methyl sites for hydroxylation is 2. The molecule has 1 atom stereocenters. The highest BCUT2D eigenvalue weighted by Gasteiger charge is 2.25. The fraction of sp³-hybridized carbons (Fsp3) is 0.778. The Bertz CT molecular complexity index is 523. The Labute approximate surface area is 150 Å². The average Bonchev–Trinajstić information content (AvgIpc) is 3.19. The van der Waals surface area contributed by atoms with E-state index in [1.807, 2.05) is 14.0 Å². The van der Waals surface area contributed by atoms with Gasteiger partial charge in [0.1, 0.15) is 0 Å². The third kappa shape index (κ3) is 5.74. The molecule has 1 aromatic rings. The molecule has 24 heavy (non-hydrogen) atoms. The second-order valence-electron chi connectivity index (χ2n) is 6.42. The Balaban J connectivity index is 1.75. The third-order valence-electron chi connectivity index (χ3n) is 4.67. The van der Waals surface area contributed by atoms with Gasteiger partial charge in [-0.05, 0) is 46.0 Å². The van der Waals surface area contributed by atoms with Gasteiger partial charge in [0.15, 0.2) is 5.96 Å². The van der Waals surface area contributed by atoms with E-state index in [2.05, 4.69) is 34.5 Å². The summed E-state index contributed by atoms with van der Waals surface area (Å²) in [6.07, 6.45) is 6.78. The molecule has 2 N–H and O–H groups in total. The molecule has 5 nitrogen and oxygen atoms in total.